The number of nitrogens with one attached hydrogen (secondary N) is 2. The molecule has 0 aromatic carbocycles. The van der Waals surface area contributed by atoms with Gasteiger partial charge < -0.3 is 50.9 Å². The molecule has 0 saturated carbocycles. The molecule has 2 amide bonds. The third kappa shape index (κ3) is 18.3. The summed E-state index contributed by atoms with van der Waals surface area (Å²) in [6.07, 6.45) is 4.02. The van der Waals surface area contributed by atoms with Gasteiger partial charge in [-0.05, 0) is 6.42 Å². The lowest BCUT2D eigenvalue weighted by Crippen LogP contribution is -2.46. The molecule has 3 rings (SSSR count). The molecule has 10 N–H and O–H groups in total. The number of thioether (sulfide) groups is 1. The summed E-state index contributed by atoms with van der Waals surface area (Å²) in [4.78, 5) is 88.0. The van der Waals surface area contributed by atoms with Crippen molar-refractivity contribution in [1.29, 1.82) is 0 Å². The standard InChI is InChI=1S/C33H58N7O17P3S/c1-4-5-6-7-8-9-10-11-12-13-24(42)61-17-16-35-23(41)14-15-36-31(45)28(44)33(2,3)19-54-60(51,52)57-59(49,50)53-18-22-27(56-58(46,47)48)26(43)32(55-22)40-21-39-25-29(34)37-20-38-30(25)40/h20-22,26-28,32,43-44H,4-19H2,1-3H3,(H,35,41)(H,36,45)(H,49,50)(H,51,52)(H2,34,37,38)(H2,46,47,48). The maximum absolute atomic E-state index is 12.7. The van der Waals surface area contributed by atoms with Gasteiger partial charge in [-0.1, -0.05) is 83.9 Å². The molecule has 7 atom stereocenters. The van der Waals surface area contributed by atoms with Gasteiger partial charge in [0.2, 0.25) is 11.8 Å². The van der Waals surface area contributed by atoms with Crippen LogP contribution in [-0.4, -0.2) is 123 Å². The number of fused-ring (bicyclic) bond motifs is 1. The second-order valence-electron chi connectivity index (χ2n) is 14.9. The van der Waals surface area contributed by atoms with Crippen molar-refractivity contribution in [1.82, 2.24) is 30.2 Å². The predicted molar refractivity (Wildman–Crippen MR) is 219 cm³/mol. The van der Waals surface area contributed by atoms with E-state index < -0.39 is 84.6 Å². The van der Waals surface area contributed by atoms with Crippen LogP contribution < -0.4 is 16.4 Å². The zero-order valence-corrected chi connectivity index (χ0v) is 37.6. The zero-order chi connectivity index (χ0) is 45.4. The number of carbonyl (C=O) groups is 3. The Kier molecular flexibility index (Phi) is 21.3. The number of nitrogen functional groups attached to an aromatic ring is 1. The van der Waals surface area contributed by atoms with Crippen molar-refractivity contribution in [3.8, 4) is 0 Å². The smallest absolute Gasteiger partial charge is 0.386 e. The molecule has 0 spiro atoms. The summed E-state index contributed by atoms with van der Waals surface area (Å²) >= 11 is 1.15. The fourth-order valence-corrected chi connectivity index (χ4v) is 9.50. The van der Waals surface area contributed by atoms with Crippen LogP contribution in [0.1, 0.15) is 97.6 Å². The molecule has 61 heavy (non-hydrogen) atoms. The highest BCUT2D eigenvalue weighted by molar-refractivity contribution is 8.13. The number of nitrogens with two attached hydrogens (primary N) is 1. The van der Waals surface area contributed by atoms with Crippen molar-refractivity contribution in [2.24, 2.45) is 5.41 Å². The third-order valence-corrected chi connectivity index (χ3v) is 13.3. The van der Waals surface area contributed by atoms with Crippen LogP contribution >= 0.6 is 35.2 Å². The fourth-order valence-electron chi connectivity index (χ4n) is 5.95. The number of nitrogens with zero attached hydrogens (tertiary/aromatic N) is 4. The molecule has 7 unspecified atom stereocenters. The first-order valence-electron chi connectivity index (χ1n) is 19.6. The summed E-state index contributed by atoms with van der Waals surface area (Å²) in [5.41, 5.74) is 4.28. The Morgan fingerprint density at radius 3 is 2.23 bits per heavy atom. The normalized spacial score (nSPS) is 20.9. The van der Waals surface area contributed by atoms with E-state index >= 15 is 0 Å². The first kappa shape index (κ1) is 52.9. The van der Waals surface area contributed by atoms with Crippen molar-refractivity contribution < 1.29 is 80.5 Å². The average Bonchev–Trinajstić information content (AvgIpc) is 3.73. The number of amides is 2. The second-order valence-corrected chi connectivity index (χ2v) is 20.3. The van der Waals surface area contributed by atoms with Crippen LogP contribution in [0.2, 0.25) is 0 Å². The summed E-state index contributed by atoms with van der Waals surface area (Å²) < 4.78 is 62.3. The molecule has 24 nitrogen and oxygen atoms in total. The maximum atomic E-state index is 12.7. The lowest BCUT2D eigenvalue weighted by Gasteiger charge is -2.30. The maximum Gasteiger partial charge on any atom is 0.481 e. The summed E-state index contributed by atoms with van der Waals surface area (Å²) in [7, 11) is -16.4. The summed E-state index contributed by atoms with van der Waals surface area (Å²) in [6.45, 7) is 2.76. The molecule has 1 saturated heterocycles. The number of phosphoric acid groups is 3. The number of anilines is 1. The van der Waals surface area contributed by atoms with Gasteiger partial charge in [0.15, 0.2) is 22.8 Å². The van der Waals surface area contributed by atoms with Gasteiger partial charge in [0.25, 0.3) is 0 Å². The van der Waals surface area contributed by atoms with E-state index in [4.69, 9.17) is 19.5 Å². The lowest BCUT2D eigenvalue weighted by molar-refractivity contribution is -0.137. The number of ether oxygens (including phenoxy) is 1. The first-order chi connectivity index (χ1) is 28.6. The van der Waals surface area contributed by atoms with E-state index in [-0.39, 0.29) is 41.6 Å². The van der Waals surface area contributed by atoms with Gasteiger partial charge in [-0.15, -0.1) is 0 Å². The van der Waals surface area contributed by atoms with E-state index in [1.54, 1.807) is 0 Å². The first-order valence-corrected chi connectivity index (χ1v) is 25.1. The van der Waals surface area contributed by atoms with Crippen LogP contribution in [0.5, 0.6) is 0 Å². The molecule has 2 aromatic heterocycles. The highest BCUT2D eigenvalue weighted by atomic mass is 32.2. The van der Waals surface area contributed by atoms with Crippen LogP contribution in [-0.2, 0) is 50.7 Å². The molecule has 28 heteroatoms. The minimum Gasteiger partial charge on any atom is -0.386 e. The Balaban J connectivity index is 1.38. The molecule has 3 heterocycles. The Labute approximate surface area is 356 Å². The Morgan fingerprint density at radius 2 is 1.57 bits per heavy atom. The zero-order valence-electron chi connectivity index (χ0n) is 34.1. The van der Waals surface area contributed by atoms with Gasteiger partial charge in [-0.3, -0.25) is 32.5 Å². The molecule has 0 bridgehead atoms. The minimum atomic E-state index is -5.57. The van der Waals surface area contributed by atoms with Gasteiger partial charge in [0, 0.05) is 37.1 Å². The average molecular weight is 950 g/mol. The van der Waals surface area contributed by atoms with E-state index in [1.165, 1.54) is 52.4 Å². The Morgan fingerprint density at radius 1 is 0.934 bits per heavy atom. The van der Waals surface area contributed by atoms with E-state index in [9.17, 15) is 57.9 Å². The largest absolute Gasteiger partial charge is 0.481 e. The number of phosphoric ester groups is 3. The molecule has 0 aliphatic carbocycles. The van der Waals surface area contributed by atoms with Crippen molar-refractivity contribution in [3.05, 3.63) is 12.7 Å². The number of aliphatic hydroxyl groups excluding tert-OH is 2. The second kappa shape index (κ2) is 24.6. The molecule has 1 aliphatic heterocycles. The number of aromatic nitrogens is 4. The van der Waals surface area contributed by atoms with E-state index in [0.717, 1.165) is 48.2 Å². The van der Waals surface area contributed by atoms with Crippen molar-refractivity contribution in [2.45, 2.75) is 122 Å². The van der Waals surface area contributed by atoms with Crippen molar-refractivity contribution in [3.63, 3.8) is 0 Å². The van der Waals surface area contributed by atoms with Crippen LogP contribution in [0.4, 0.5) is 5.82 Å². The topological polar surface area (TPSA) is 364 Å². The van der Waals surface area contributed by atoms with E-state index in [0.29, 0.717) is 12.2 Å². The van der Waals surface area contributed by atoms with Crippen LogP contribution in [0.3, 0.4) is 0 Å². The molecular formula is C33H58N7O17P3S. The Hall–Kier alpha value is -2.44. The minimum absolute atomic E-state index is 0.0332. The number of rotatable bonds is 29. The SMILES string of the molecule is CCCCCCCCCCCC(=O)SCCNC(=O)CCNC(=O)C(O)C(C)(C)COP(=O)(O)OP(=O)(O)OCC1OC(n2cnc3c(N)ncnc32)C(O)C1OP(=O)(O)O. The van der Waals surface area contributed by atoms with Gasteiger partial charge in [-0.25, -0.2) is 28.6 Å². The molecule has 2 aromatic rings. The predicted octanol–water partition coefficient (Wildman–Crippen LogP) is 2.59. The number of hydrogen-bond acceptors (Lipinski definition) is 18. The molecule has 348 valence electrons. The number of imidazole rings is 1. The van der Waals surface area contributed by atoms with Gasteiger partial charge in [-0.2, -0.15) is 4.31 Å². The molecule has 1 fully saturated rings. The summed E-state index contributed by atoms with van der Waals surface area (Å²) in [6, 6.07) is 0. The van der Waals surface area contributed by atoms with Gasteiger partial charge in [0.1, 0.15) is 36.3 Å². The van der Waals surface area contributed by atoms with E-state index in [2.05, 4.69) is 41.3 Å². The van der Waals surface area contributed by atoms with Crippen molar-refractivity contribution in [2.75, 3.05) is 37.8 Å². The summed E-state index contributed by atoms with van der Waals surface area (Å²) in [5, 5.41) is 26.6. The van der Waals surface area contributed by atoms with Crippen LogP contribution in [0, 0.1) is 5.41 Å². The van der Waals surface area contributed by atoms with E-state index in [1.807, 2.05) is 0 Å². The van der Waals surface area contributed by atoms with Gasteiger partial charge in [0.05, 0.1) is 19.5 Å². The molecule has 0 radical (unpaired) electrons. The highest BCUT2D eigenvalue weighted by Crippen LogP contribution is 2.61. The highest BCUT2D eigenvalue weighted by Gasteiger charge is 2.50. The number of carbonyl (C=O) groups excluding carboxylic acids is 3. The Bertz CT molecular complexity index is 1890. The number of unbranched alkanes of at least 4 members (excludes halogenated alkanes) is 8. The van der Waals surface area contributed by atoms with Crippen LogP contribution in [0.25, 0.3) is 11.2 Å². The monoisotopic (exact) mass is 949 g/mol. The van der Waals surface area contributed by atoms with Crippen molar-refractivity contribution >= 4 is 69.1 Å². The molecule has 1 aliphatic rings. The number of aliphatic hydroxyl groups is 2. The molecular weight excluding hydrogens is 891 g/mol. The van der Waals surface area contributed by atoms with Crippen LogP contribution in [0.15, 0.2) is 12.7 Å². The van der Waals surface area contributed by atoms with Gasteiger partial charge >= 0.3 is 23.5 Å². The number of hydrogen-bond donors (Lipinski definition) is 9. The fraction of sp³-hybridized carbons (Fsp3) is 0.758. The third-order valence-electron chi connectivity index (χ3n) is 9.25. The summed E-state index contributed by atoms with van der Waals surface area (Å²) in [5.74, 6) is -1.02. The lowest BCUT2D eigenvalue weighted by atomic mass is 9.87. The quantitative estimate of drug-likeness (QED) is 0.0418.